The lowest BCUT2D eigenvalue weighted by molar-refractivity contribution is -0.140. The van der Waals surface area contributed by atoms with Crippen molar-refractivity contribution in [2.24, 2.45) is 0 Å². The van der Waals surface area contributed by atoms with Gasteiger partial charge in [0.25, 0.3) is 10.0 Å². The lowest BCUT2D eigenvalue weighted by atomic mass is 10.1. The van der Waals surface area contributed by atoms with Crippen LogP contribution in [0.15, 0.2) is 77.7 Å². The average molecular weight is 600 g/mol. The van der Waals surface area contributed by atoms with Crippen molar-refractivity contribution in [3.8, 4) is 11.5 Å². The molecule has 0 saturated heterocycles. The van der Waals surface area contributed by atoms with Crippen LogP contribution in [-0.4, -0.2) is 57.0 Å². The molecule has 218 valence electrons. The predicted molar refractivity (Wildman–Crippen MR) is 158 cm³/mol. The van der Waals surface area contributed by atoms with Crippen LogP contribution in [0, 0.1) is 0 Å². The zero-order chi connectivity index (χ0) is 29.6. The third-order valence-electron chi connectivity index (χ3n) is 6.54. The van der Waals surface area contributed by atoms with Gasteiger partial charge in [-0.25, -0.2) is 8.42 Å². The first-order chi connectivity index (χ1) is 19.6. The largest absolute Gasteiger partial charge is 0.486 e. The first-order valence-corrected chi connectivity index (χ1v) is 15.2. The summed E-state index contributed by atoms with van der Waals surface area (Å²) >= 11 is 6.44. The summed E-state index contributed by atoms with van der Waals surface area (Å²) in [5.41, 5.74) is 0.860. The number of sulfonamides is 1. The number of carbonyl (C=O) groups excluding carboxylic acids is 2. The lowest BCUT2D eigenvalue weighted by Gasteiger charge is -2.34. The maximum absolute atomic E-state index is 14.1. The fraction of sp³-hybridized carbons (Fsp3) is 0.333. The van der Waals surface area contributed by atoms with Crippen molar-refractivity contribution in [1.82, 2.24) is 10.2 Å². The summed E-state index contributed by atoms with van der Waals surface area (Å²) < 4.78 is 40.3. The van der Waals surface area contributed by atoms with E-state index in [4.69, 9.17) is 21.1 Å². The summed E-state index contributed by atoms with van der Waals surface area (Å²) in [4.78, 5) is 28.8. The number of nitrogens with zero attached hydrogens (tertiary/aromatic N) is 2. The van der Waals surface area contributed by atoms with Gasteiger partial charge in [0.1, 0.15) is 25.8 Å². The van der Waals surface area contributed by atoms with E-state index in [-0.39, 0.29) is 29.1 Å². The minimum atomic E-state index is -4.20. The lowest BCUT2D eigenvalue weighted by Crippen LogP contribution is -2.53. The molecular weight excluding hydrogens is 566 g/mol. The molecule has 0 saturated carbocycles. The summed E-state index contributed by atoms with van der Waals surface area (Å²) in [6.45, 7) is 5.62. The number of amides is 2. The van der Waals surface area contributed by atoms with Crippen molar-refractivity contribution in [2.75, 3.05) is 24.1 Å². The summed E-state index contributed by atoms with van der Waals surface area (Å²) in [6, 6.07) is 18.7. The maximum Gasteiger partial charge on any atom is 0.264 e. The number of nitrogens with one attached hydrogen (secondary N) is 1. The number of hydrogen-bond donors (Lipinski definition) is 1. The first kappa shape index (κ1) is 30.2. The Morgan fingerprint density at radius 2 is 1.61 bits per heavy atom. The second-order valence-corrected chi connectivity index (χ2v) is 12.1. The van der Waals surface area contributed by atoms with Gasteiger partial charge in [-0.1, -0.05) is 54.9 Å². The van der Waals surface area contributed by atoms with Crippen LogP contribution in [0.4, 0.5) is 5.69 Å². The van der Waals surface area contributed by atoms with Gasteiger partial charge in [0.05, 0.1) is 10.6 Å². The van der Waals surface area contributed by atoms with Gasteiger partial charge in [-0.15, -0.1) is 0 Å². The molecule has 41 heavy (non-hydrogen) atoms. The van der Waals surface area contributed by atoms with Crippen LogP contribution in [0.5, 0.6) is 11.5 Å². The van der Waals surface area contributed by atoms with E-state index in [2.05, 4.69) is 5.32 Å². The van der Waals surface area contributed by atoms with Crippen LogP contribution in [0.25, 0.3) is 0 Å². The Morgan fingerprint density at radius 1 is 0.951 bits per heavy atom. The number of anilines is 1. The molecule has 0 aromatic heterocycles. The Balaban J connectivity index is 1.77. The van der Waals surface area contributed by atoms with E-state index in [9.17, 15) is 18.0 Å². The van der Waals surface area contributed by atoms with Crippen molar-refractivity contribution in [3.05, 3.63) is 83.4 Å². The molecule has 0 spiro atoms. The molecule has 9 nitrogen and oxygen atoms in total. The molecule has 0 bridgehead atoms. The van der Waals surface area contributed by atoms with E-state index >= 15 is 0 Å². The molecule has 3 aromatic rings. The normalized spacial score (nSPS) is 13.4. The highest BCUT2D eigenvalue weighted by Gasteiger charge is 2.34. The van der Waals surface area contributed by atoms with Gasteiger partial charge in [0, 0.05) is 23.7 Å². The summed E-state index contributed by atoms with van der Waals surface area (Å²) in [6.07, 6.45) is 0.310. The second-order valence-electron chi connectivity index (χ2n) is 9.85. The predicted octanol–water partition coefficient (Wildman–Crippen LogP) is 4.64. The zero-order valence-corrected chi connectivity index (χ0v) is 24.8. The minimum absolute atomic E-state index is 0.0168. The zero-order valence-electron chi connectivity index (χ0n) is 23.2. The summed E-state index contributed by atoms with van der Waals surface area (Å²) in [5.74, 6) is -0.0324. The molecule has 0 aliphatic carbocycles. The van der Waals surface area contributed by atoms with Crippen LogP contribution in [0.2, 0.25) is 5.02 Å². The molecule has 1 heterocycles. The van der Waals surface area contributed by atoms with E-state index in [0.717, 1.165) is 4.31 Å². The highest BCUT2D eigenvalue weighted by molar-refractivity contribution is 7.92. The Morgan fingerprint density at radius 3 is 2.27 bits per heavy atom. The average Bonchev–Trinajstić information content (AvgIpc) is 2.96. The van der Waals surface area contributed by atoms with Crippen molar-refractivity contribution < 1.29 is 27.5 Å². The van der Waals surface area contributed by atoms with Crippen LogP contribution >= 0.6 is 11.6 Å². The van der Waals surface area contributed by atoms with Crippen LogP contribution < -0.4 is 19.1 Å². The third kappa shape index (κ3) is 7.12. The highest BCUT2D eigenvalue weighted by Crippen LogP contribution is 2.36. The van der Waals surface area contributed by atoms with Gasteiger partial charge in [-0.05, 0) is 56.2 Å². The molecular formula is C30H34ClN3O6S. The molecule has 3 aromatic carbocycles. The van der Waals surface area contributed by atoms with Crippen molar-refractivity contribution in [1.29, 1.82) is 0 Å². The second kappa shape index (κ2) is 13.3. The monoisotopic (exact) mass is 599 g/mol. The van der Waals surface area contributed by atoms with Gasteiger partial charge >= 0.3 is 0 Å². The molecule has 0 fully saturated rings. The molecule has 1 aliphatic heterocycles. The van der Waals surface area contributed by atoms with E-state index in [0.29, 0.717) is 41.7 Å². The van der Waals surface area contributed by atoms with Gasteiger partial charge in [-0.3, -0.25) is 13.9 Å². The minimum Gasteiger partial charge on any atom is -0.486 e. The number of halogens is 1. The number of fused-ring (bicyclic) bond motifs is 1. The van der Waals surface area contributed by atoms with Crippen LogP contribution in [0.1, 0.15) is 32.8 Å². The van der Waals surface area contributed by atoms with E-state index in [1.165, 1.54) is 17.0 Å². The fourth-order valence-corrected chi connectivity index (χ4v) is 6.17. The van der Waals surface area contributed by atoms with E-state index < -0.39 is 28.5 Å². The fourth-order valence-electron chi connectivity index (χ4n) is 4.55. The van der Waals surface area contributed by atoms with Crippen LogP contribution in [-0.2, 0) is 26.2 Å². The van der Waals surface area contributed by atoms with E-state index in [1.54, 1.807) is 67.6 Å². The Bertz CT molecular complexity index is 1480. The quantitative estimate of drug-likeness (QED) is 0.344. The Labute approximate surface area is 246 Å². The molecule has 0 radical (unpaired) electrons. The van der Waals surface area contributed by atoms with Crippen molar-refractivity contribution >= 4 is 39.1 Å². The van der Waals surface area contributed by atoms with E-state index in [1.807, 2.05) is 13.8 Å². The number of rotatable bonds is 11. The molecule has 2 amide bonds. The summed E-state index contributed by atoms with van der Waals surface area (Å²) in [5, 5.41) is 3.31. The molecule has 1 unspecified atom stereocenters. The number of carbonyl (C=O) groups is 2. The Hall–Kier alpha value is -3.76. The first-order valence-electron chi connectivity index (χ1n) is 13.4. The topological polar surface area (TPSA) is 105 Å². The maximum atomic E-state index is 14.1. The molecule has 4 rings (SSSR count). The number of ether oxygens (including phenoxy) is 2. The summed E-state index contributed by atoms with van der Waals surface area (Å²) in [7, 11) is -4.20. The molecule has 1 aliphatic rings. The van der Waals surface area contributed by atoms with Gasteiger partial charge in [-0.2, -0.15) is 0 Å². The number of hydrogen-bond acceptors (Lipinski definition) is 6. The Kier molecular flexibility index (Phi) is 9.77. The van der Waals surface area contributed by atoms with Crippen molar-refractivity contribution in [3.63, 3.8) is 0 Å². The smallest absolute Gasteiger partial charge is 0.264 e. The molecule has 1 atom stereocenters. The van der Waals surface area contributed by atoms with Crippen LogP contribution in [0.3, 0.4) is 0 Å². The third-order valence-corrected chi connectivity index (χ3v) is 8.70. The molecule has 1 N–H and O–H groups in total. The van der Waals surface area contributed by atoms with Gasteiger partial charge in [0.15, 0.2) is 11.5 Å². The van der Waals surface area contributed by atoms with Crippen molar-refractivity contribution in [2.45, 2.75) is 50.7 Å². The molecule has 11 heteroatoms. The van der Waals surface area contributed by atoms with Gasteiger partial charge in [0.2, 0.25) is 11.8 Å². The number of benzene rings is 3. The standard InChI is InChI=1S/C30H34ClN3O6S/c1-4-26(30(36)32-21(2)3)33(19-22-10-8-9-13-25(22)31)29(35)20-34(41(37,38)24-11-6-5-7-12-24)23-14-15-27-28(18-23)40-17-16-39-27/h5-15,18,21,26H,4,16-17,19-20H2,1-3H3,(H,32,36). The SMILES string of the molecule is CCC(C(=O)NC(C)C)N(Cc1ccccc1Cl)C(=O)CN(c1ccc2c(c1)OCCO2)S(=O)(=O)c1ccccc1. The highest BCUT2D eigenvalue weighted by atomic mass is 35.5. The van der Waals surface area contributed by atoms with Gasteiger partial charge < -0.3 is 19.7 Å².